The van der Waals surface area contributed by atoms with Gasteiger partial charge in [-0.3, -0.25) is 4.79 Å². The minimum absolute atomic E-state index is 0.0126. The van der Waals surface area contributed by atoms with E-state index in [4.69, 9.17) is 4.74 Å². The van der Waals surface area contributed by atoms with E-state index in [9.17, 15) is 13.6 Å². The molecular weight excluding hydrogens is 278 g/mol. The Hall–Kier alpha value is -2.76. The molecule has 0 unspecified atom stereocenters. The van der Waals surface area contributed by atoms with Gasteiger partial charge in [0.2, 0.25) is 0 Å². The first-order valence-electron chi connectivity index (χ1n) is 6.18. The van der Waals surface area contributed by atoms with Crippen LogP contribution in [0.5, 0.6) is 6.01 Å². The number of imidazole rings is 1. The molecule has 0 aliphatic rings. The van der Waals surface area contributed by atoms with Crippen LogP contribution < -0.4 is 4.74 Å². The van der Waals surface area contributed by atoms with E-state index in [0.717, 1.165) is 23.2 Å². The number of carbonyl (C=O) groups excluding carboxylic acids is 1. The average Bonchev–Trinajstić information content (AvgIpc) is 2.90. The molecular formula is C15H10F2N2O2. The number of hydrogen-bond acceptors (Lipinski definition) is 3. The summed E-state index contributed by atoms with van der Waals surface area (Å²) in [7, 11) is 0. The zero-order chi connectivity index (χ0) is 14.8. The highest BCUT2D eigenvalue weighted by molar-refractivity contribution is 5.75. The summed E-state index contributed by atoms with van der Waals surface area (Å²) in [6.45, 7) is -0.193. The van der Waals surface area contributed by atoms with Crippen molar-refractivity contribution in [3.63, 3.8) is 0 Å². The maximum absolute atomic E-state index is 13.7. The third-order valence-electron chi connectivity index (χ3n) is 3.02. The van der Waals surface area contributed by atoms with Crippen molar-refractivity contribution in [3.8, 4) is 6.01 Å². The normalized spacial score (nSPS) is 10.8. The second-order valence-electron chi connectivity index (χ2n) is 4.43. The molecule has 0 bridgehead atoms. The van der Waals surface area contributed by atoms with Crippen LogP contribution in [0.3, 0.4) is 0 Å². The lowest BCUT2D eigenvalue weighted by Gasteiger charge is -2.05. The summed E-state index contributed by atoms with van der Waals surface area (Å²) < 4.78 is 32.5. The molecule has 6 heteroatoms. The number of nitrogens with zero attached hydrogens (tertiary/aromatic N) is 1. The number of nitrogens with one attached hydrogen (secondary N) is 1. The minimum Gasteiger partial charge on any atom is -0.460 e. The molecule has 0 radical (unpaired) electrons. The summed E-state index contributed by atoms with van der Waals surface area (Å²) in [6, 6.07) is 9.32. The molecule has 106 valence electrons. The van der Waals surface area contributed by atoms with Crippen LogP contribution in [-0.2, 0) is 6.61 Å². The van der Waals surface area contributed by atoms with Crippen molar-refractivity contribution in [2.45, 2.75) is 6.61 Å². The number of aromatic amines is 1. The fourth-order valence-electron chi connectivity index (χ4n) is 1.95. The zero-order valence-electron chi connectivity index (χ0n) is 10.8. The van der Waals surface area contributed by atoms with Gasteiger partial charge in [0.25, 0.3) is 6.01 Å². The quantitative estimate of drug-likeness (QED) is 0.750. The molecule has 0 saturated heterocycles. The summed E-state index contributed by atoms with van der Waals surface area (Å²) in [5.41, 5.74) is 1.20. The van der Waals surface area contributed by atoms with Gasteiger partial charge < -0.3 is 9.72 Å². The Morgan fingerprint density at radius 1 is 1.19 bits per heavy atom. The third kappa shape index (κ3) is 2.60. The first-order valence-corrected chi connectivity index (χ1v) is 6.18. The predicted molar refractivity (Wildman–Crippen MR) is 72.2 cm³/mol. The standard InChI is InChI=1S/C15H10F2N2O2/c16-11-6-10(12(17)5-9(11)7-20)8-21-15-18-13-3-1-2-4-14(13)19-15/h1-7H,8H2,(H,18,19). The van der Waals surface area contributed by atoms with E-state index in [1.807, 2.05) is 18.2 Å². The smallest absolute Gasteiger partial charge is 0.294 e. The second-order valence-corrected chi connectivity index (χ2v) is 4.43. The minimum atomic E-state index is -0.783. The fraction of sp³-hybridized carbons (Fsp3) is 0.0667. The van der Waals surface area contributed by atoms with Crippen molar-refractivity contribution < 1.29 is 18.3 Å². The second kappa shape index (κ2) is 5.32. The average molecular weight is 288 g/mol. The number of para-hydroxylation sites is 2. The van der Waals surface area contributed by atoms with E-state index in [1.54, 1.807) is 6.07 Å². The molecule has 1 aromatic heterocycles. The van der Waals surface area contributed by atoms with E-state index in [1.165, 1.54) is 0 Å². The van der Waals surface area contributed by atoms with Crippen LogP contribution in [0.4, 0.5) is 8.78 Å². The summed E-state index contributed by atoms with van der Waals surface area (Å²) >= 11 is 0. The van der Waals surface area contributed by atoms with Crippen molar-refractivity contribution in [1.82, 2.24) is 9.97 Å². The number of halogens is 2. The largest absolute Gasteiger partial charge is 0.460 e. The zero-order valence-corrected chi connectivity index (χ0v) is 10.8. The van der Waals surface area contributed by atoms with Gasteiger partial charge in [-0.15, -0.1) is 0 Å². The first-order chi connectivity index (χ1) is 10.2. The Bertz CT molecular complexity index is 782. The number of ether oxygens (including phenoxy) is 1. The van der Waals surface area contributed by atoms with Crippen LogP contribution in [-0.4, -0.2) is 16.3 Å². The monoisotopic (exact) mass is 288 g/mol. The number of rotatable bonds is 4. The molecule has 1 heterocycles. The van der Waals surface area contributed by atoms with Gasteiger partial charge >= 0.3 is 0 Å². The molecule has 0 fully saturated rings. The van der Waals surface area contributed by atoms with Gasteiger partial charge in [0.1, 0.15) is 18.2 Å². The van der Waals surface area contributed by atoms with Crippen LogP contribution in [0.2, 0.25) is 0 Å². The number of aromatic nitrogens is 2. The number of fused-ring (bicyclic) bond motifs is 1. The molecule has 0 atom stereocenters. The molecule has 4 nitrogen and oxygen atoms in total. The highest BCUT2D eigenvalue weighted by Gasteiger charge is 2.11. The molecule has 0 aliphatic carbocycles. The van der Waals surface area contributed by atoms with Gasteiger partial charge in [0, 0.05) is 5.56 Å². The summed E-state index contributed by atoms with van der Waals surface area (Å²) in [5.74, 6) is -1.48. The van der Waals surface area contributed by atoms with Crippen LogP contribution >= 0.6 is 0 Å². The summed E-state index contributed by atoms with van der Waals surface area (Å²) in [6.07, 6.45) is 0.266. The molecule has 2 aromatic carbocycles. The molecule has 0 amide bonds. The molecule has 3 rings (SSSR count). The van der Waals surface area contributed by atoms with Crippen molar-refractivity contribution in [2.75, 3.05) is 0 Å². The van der Waals surface area contributed by atoms with E-state index in [0.29, 0.717) is 0 Å². The van der Waals surface area contributed by atoms with Crippen LogP contribution in [0.15, 0.2) is 36.4 Å². The third-order valence-corrected chi connectivity index (χ3v) is 3.02. The first kappa shape index (κ1) is 13.2. The predicted octanol–water partition coefficient (Wildman–Crippen LogP) is 3.23. The maximum atomic E-state index is 13.7. The summed E-state index contributed by atoms with van der Waals surface area (Å²) in [4.78, 5) is 17.6. The number of hydrogen-bond donors (Lipinski definition) is 1. The Morgan fingerprint density at radius 2 is 2.00 bits per heavy atom. The highest BCUT2D eigenvalue weighted by Crippen LogP contribution is 2.18. The Morgan fingerprint density at radius 3 is 2.76 bits per heavy atom. The van der Waals surface area contributed by atoms with Gasteiger partial charge in [-0.05, 0) is 24.3 Å². The molecule has 0 aliphatic heterocycles. The Labute approximate surface area is 118 Å². The molecule has 21 heavy (non-hydrogen) atoms. The lowest BCUT2D eigenvalue weighted by Crippen LogP contribution is -2.02. The molecule has 0 spiro atoms. The maximum Gasteiger partial charge on any atom is 0.294 e. The lowest BCUT2D eigenvalue weighted by molar-refractivity contribution is 0.111. The van der Waals surface area contributed by atoms with Gasteiger partial charge in [-0.2, -0.15) is 4.98 Å². The van der Waals surface area contributed by atoms with Crippen molar-refractivity contribution in [3.05, 3.63) is 59.2 Å². The van der Waals surface area contributed by atoms with E-state index < -0.39 is 11.6 Å². The van der Waals surface area contributed by atoms with Crippen molar-refractivity contribution in [1.29, 1.82) is 0 Å². The van der Waals surface area contributed by atoms with Gasteiger partial charge in [0.15, 0.2) is 6.29 Å². The number of benzene rings is 2. The highest BCUT2D eigenvalue weighted by atomic mass is 19.1. The SMILES string of the molecule is O=Cc1cc(F)c(COc2nc3ccccc3[nH]2)cc1F. The van der Waals surface area contributed by atoms with E-state index in [-0.39, 0.29) is 30.0 Å². The fourth-order valence-corrected chi connectivity index (χ4v) is 1.95. The number of H-pyrrole nitrogens is 1. The van der Waals surface area contributed by atoms with Crippen LogP contribution in [0.25, 0.3) is 11.0 Å². The lowest BCUT2D eigenvalue weighted by atomic mass is 10.1. The van der Waals surface area contributed by atoms with Gasteiger partial charge in [-0.25, -0.2) is 8.78 Å². The summed E-state index contributed by atoms with van der Waals surface area (Å²) in [5, 5.41) is 0. The van der Waals surface area contributed by atoms with Crippen LogP contribution in [0, 0.1) is 11.6 Å². The van der Waals surface area contributed by atoms with Crippen LogP contribution in [0.1, 0.15) is 15.9 Å². The van der Waals surface area contributed by atoms with E-state index in [2.05, 4.69) is 9.97 Å². The Kier molecular flexibility index (Phi) is 3.35. The van der Waals surface area contributed by atoms with E-state index >= 15 is 0 Å². The Balaban J connectivity index is 1.81. The number of aldehydes is 1. The van der Waals surface area contributed by atoms with Crippen molar-refractivity contribution in [2.24, 2.45) is 0 Å². The van der Waals surface area contributed by atoms with Crippen molar-refractivity contribution >= 4 is 17.3 Å². The molecule has 3 aromatic rings. The van der Waals surface area contributed by atoms with Gasteiger partial charge in [0.05, 0.1) is 16.6 Å². The molecule has 0 saturated carbocycles. The molecule has 1 N–H and O–H groups in total. The van der Waals surface area contributed by atoms with Gasteiger partial charge in [-0.1, -0.05) is 12.1 Å². The topological polar surface area (TPSA) is 55.0 Å². The number of carbonyl (C=O) groups is 1.